The van der Waals surface area contributed by atoms with E-state index in [2.05, 4.69) is 10.6 Å². The fourth-order valence-electron chi connectivity index (χ4n) is 7.69. The molecule has 17 heteroatoms. The number of phenols is 1. The lowest BCUT2D eigenvalue weighted by Crippen LogP contribution is -2.57. The van der Waals surface area contributed by atoms with Crippen LogP contribution in [0.5, 0.6) is 11.5 Å². The number of amides is 4. The Bertz CT molecular complexity index is 1890. The number of ether oxygens (including phenoxy) is 5. The Morgan fingerprint density at radius 2 is 1.62 bits per heavy atom. The predicted octanol–water partition coefficient (Wildman–Crippen LogP) is 2.71. The second kappa shape index (κ2) is 22.9. The number of phenolic OH excluding ortho intramolecular Hbond substituents is 1. The van der Waals surface area contributed by atoms with Gasteiger partial charge in [0.15, 0.2) is 0 Å². The Morgan fingerprint density at radius 1 is 0.921 bits per heavy atom. The average Bonchev–Trinajstić information content (AvgIpc) is 3.85. The van der Waals surface area contributed by atoms with Gasteiger partial charge in [-0.15, -0.1) is 0 Å². The first-order chi connectivity index (χ1) is 29.7. The van der Waals surface area contributed by atoms with Crippen LogP contribution >= 0.6 is 0 Å². The summed E-state index contributed by atoms with van der Waals surface area (Å²) in [6.07, 6.45) is 1.28. The average molecular weight is 883 g/mol. The van der Waals surface area contributed by atoms with Crippen LogP contribution in [0.4, 0.5) is 0 Å². The second-order valence-corrected chi connectivity index (χ2v) is 18.2. The maximum Gasteiger partial charge on any atom is 0.328 e. The van der Waals surface area contributed by atoms with E-state index in [1.54, 1.807) is 12.1 Å². The number of aliphatic hydroxyl groups is 1. The van der Waals surface area contributed by atoms with Crippen molar-refractivity contribution in [1.82, 2.24) is 20.4 Å². The molecule has 0 spiro atoms. The maximum atomic E-state index is 13.5. The molecule has 3 aliphatic rings. The molecule has 0 saturated carbocycles. The first-order valence-corrected chi connectivity index (χ1v) is 21.4. The highest BCUT2D eigenvalue weighted by molar-refractivity contribution is 5.93. The molecule has 2 saturated heterocycles. The minimum absolute atomic E-state index is 0.00157. The molecule has 4 amide bonds. The number of benzene rings is 2. The Morgan fingerprint density at radius 3 is 2.27 bits per heavy atom. The van der Waals surface area contributed by atoms with Crippen molar-refractivity contribution in [3.05, 3.63) is 59.7 Å². The Kier molecular flexibility index (Phi) is 18.3. The summed E-state index contributed by atoms with van der Waals surface area (Å²) in [4.78, 5) is 80.2. The van der Waals surface area contributed by atoms with Gasteiger partial charge in [0, 0.05) is 45.6 Å². The summed E-state index contributed by atoms with van der Waals surface area (Å²) >= 11 is 0. The van der Waals surface area contributed by atoms with Gasteiger partial charge in [0.25, 0.3) is 0 Å². The van der Waals surface area contributed by atoms with E-state index in [4.69, 9.17) is 28.8 Å². The van der Waals surface area contributed by atoms with Gasteiger partial charge >= 0.3 is 11.9 Å². The number of nitrogens with one attached hydrogen (secondary N) is 2. The number of nitrogens with zero attached hydrogens (tertiary/aromatic N) is 2. The molecule has 4 N–H and O–H groups in total. The summed E-state index contributed by atoms with van der Waals surface area (Å²) in [5, 5.41) is 24.3. The van der Waals surface area contributed by atoms with Gasteiger partial charge in [-0.3, -0.25) is 19.2 Å². The van der Waals surface area contributed by atoms with Gasteiger partial charge in [-0.05, 0) is 52.6 Å². The molecule has 2 aromatic carbocycles. The molecule has 0 unspecified atom stereocenters. The fraction of sp³-hybridized carbons (Fsp3) is 0.609. The summed E-state index contributed by atoms with van der Waals surface area (Å²) in [7, 11) is 2.58. The number of aliphatic hydroxyl groups excluding tert-OH is 1. The number of carbonyl (C=O) groups excluding carboxylic acids is 6. The number of likely N-dealkylation sites (tertiary alicyclic amines) is 1. The minimum atomic E-state index is -0.879. The Hall–Kier alpha value is -5.26. The number of rotatable bonds is 10. The van der Waals surface area contributed by atoms with Gasteiger partial charge in [0.05, 0.1) is 52.5 Å². The van der Waals surface area contributed by atoms with Crippen molar-refractivity contribution in [3.63, 3.8) is 0 Å². The van der Waals surface area contributed by atoms with Crippen LogP contribution in [0.15, 0.2) is 48.5 Å². The lowest BCUT2D eigenvalue weighted by Gasteiger charge is -2.35. The third kappa shape index (κ3) is 14.6. The monoisotopic (exact) mass is 882 g/mol. The van der Waals surface area contributed by atoms with E-state index in [1.165, 1.54) is 36.2 Å². The van der Waals surface area contributed by atoms with Crippen LogP contribution in [0.3, 0.4) is 0 Å². The van der Waals surface area contributed by atoms with E-state index in [1.807, 2.05) is 65.8 Å². The van der Waals surface area contributed by atoms with Crippen LogP contribution in [0, 0.1) is 10.8 Å². The van der Waals surface area contributed by atoms with Crippen LogP contribution < -0.4 is 15.4 Å². The zero-order valence-corrected chi connectivity index (χ0v) is 37.8. The van der Waals surface area contributed by atoms with Gasteiger partial charge in [-0.25, -0.2) is 9.59 Å². The van der Waals surface area contributed by atoms with Crippen molar-refractivity contribution in [3.8, 4) is 11.5 Å². The molecule has 0 radical (unpaired) electrons. The molecule has 2 fully saturated rings. The van der Waals surface area contributed by atoms with E-state index < -0.39 is 46.9 Å². The normalized spacial score (nSPS) is 22.5. The maximum absolute atomic E-state index is 13.5. The first-order valence-electron chi connectivity index (χ1n) is 21.4. The number of fused-ring (bicyclic) bond motifs is 4. The molecule has 3 aliphatic heterocycles. The standard InChI is InChI=1S/C23H34N2O7.C23H32N2O6/c1-23(2,3)20(24-19(28)12-15-7-5-8-16(27)11-15)21(29)25-14-17(32-10-6-9-26)13-18(25)22(30)31-4;1-23(2,3)20-21(27)25-14-17(13-18(25)22(28)29-4)31-10-6-9-30-16-8-5-7-15(11-16)12-19(26)24-20/h5,7-8,11,17-18,20,26-27H,6,9-10,12-14H2,1-4H3,(H,24,28);5,7-8,11,17-18,20H,6,9-10,12-14H2,1-4H3,(H,24,26)/t2*17-,18+,20-/m11/s1. The van der Waals surface area contributed by atoms with E-state index in [9.17, 15) is 33.9 Å². The molecule has 4 bridgehead atoms. The summed E-state index contributed by atoms with van der Waals surface area (Å²) in [5.74, 6) is -1.58. The molecule has 0 aliphatic carbocycles. The zero-order chi connectivity index (χ0) is 46.5. The smallest absolute Gasteiger partial charge is 0.328 e. The van der Waals surface area contributed by atoms with E-state index >= 15 is 0 Å². The van der Waals surface area contributed by atoms with Crippen LogP contribution in [-0.4, -0.2) is 146 Å². The van der Waals surface area contributed by atoms with E-state index in [0.717, 1.165) is 5.56 Å². The molecule has 17 nitrogen and oxygen atoms in total. The third-order valence-electron chi connectivity index (χ3n) is 11.0. The number of hydrogen-bond donors (Lipinski definition) is 4. The van der Waals surface area contributed by atoms with Crippen LogP contribution in [0.25, 0.3) is 0 Å². The number of hydrogen-bond acceptors (Lipinski definition) is 13. The highest BCUT2D eigenvalue weighted by Crippen LogP contribution is 2.30. The number of esters is 2. The molecular weight excluding hydrogens is 817 g/mol. The van der Waals surface area contributed by atoms with Gasteiger partial charge in [-0.2, -0.15) is 0 Å². The largest absolute Gasteiger partial charge is 0.508 e. The molecule has 6 atom stereocenters. The van der Waals surface area contributed by atoms with Gasteiger partial charge < -0.3 is 54.3 Å². The molecule has 2 aromatic rings. The lowest BCUT2D eigenvalue weighted by molar-refractivity contribution is -0.153. The molecule has 348 valence electrons. The summed E-state index contributed by atoms with van der Waals surface area (Å²) in [6, 6.07) is 10.5. The van der Waals surface area contributed by atoms with Gasteiger partial charge in [0.2, 0.25) is 23.6 Å². The second-order valence-electron chi connectivity index (χ2n) is 18.2. The SMILES string of the molecule is COC(=O)[C@@H]1C[C@@H](OCCCO)CN1C(=O)[C@@H](NC(=O)Cc1cccc(O)c1)C(C)(C)C.COC(=O)[C@@H]1C[C@@H]2CN1C(=O)[C@H](C(C)(C)C)NC(=O)Cc1cccc(c1)OCCCO2. The Labute approximate surface area is 370 Å². The van der Waals surface area contributed by atoms with Crippen molar-refractivity contribution in [2.45, 2.75) is 116 Å². The highest BCUT2D eigenvalue weighted by Gasteiger charge is 2.47. The minimum Gasteiger partial charge on any atom is -0.508 e. The first kappa shape index (κ1) is 50.4. The van der Waals surface area contributed by atoms with Crippen LogP contribution in [0.1, 0.15) is 78.4 Å². The van der Waals surface area contributed by atoms with Gasteiger partial charge in [-0.1, -0.05) is 65.8 Å². The quantitative estimate of drug-likeness (QED) is 0.200. The van der Waals surface area contributed by atoms with Crippen molar-refractivity contribution < 1.29 is 62.7 Å². The summed E-state index contributed by atoms with van der Waals surface area (Å²) in [5.41, 5.74) is 0.242. The number of aromatic hydroxyl groups is 1. The van der Waals surface area contributed by atoms with Crippen molar-refractivity contribution in [1.29, 1.82) is 0 Å². The van der Waals surface area contributed by atoms with Crippen LogP contribution in [0.2, 0.25) is 0 Å². The molecule has 5 rings (SSSR count). The number of methoxy groups -OCH3 is 2. The van der Waals surface area contributed by atoms with E-state index in [-0.39, 0.29) is 80.5 Å². The molecule has 0 aromatic heterocycles. The lowest BCUT2D eigenvalue weighted by atomic mass is 9.85. The molecule has 3 heterocycles. The summed E-state index contributed by atoms with van der Waals surface area (Å²) in [6.45, 7) is 12.9. The Balaban J connectivity index is 0.000000277. The van der Waals surface area contributed by atoms with Crippen molar-refractivity contribution in [2.75, 3.05) is 53.7 Å². The molecule has 63 heavy (non-hydrogen) atoms. The van der Waals surface area contributed by atoms with Gasteiger partial charge in [0.1, 0.15) is 35.7 Å². The highest BCUT2D eigenvalue weighted by atomic mass is 16.5. The third-order valence-corrected chi connectivity index (χ3v) is 11.0. The van der Waals surface area contributed by atoms with E-state index in [0.29, 0.717) is 50.4 Å². The van der Waals surface area contributed by atoms with Crippen LogP contribution in [-0.2, 0) is 60.6 Å². The topological polar surface area (TPSA) is 220 Å². The predicted molar refractivity (Wildman–Crippen MR) is 230 cm³/mol. The fourth-order valence-corrected chi connectivity index (χ4v) is 7.69. The molecular formula is C46H66N4O13. The number of carbonyl (C=O) groups is 6. The van der Waals surface area contributed by atoms with Crippen molar-refractivity contribution >= 4 is 35.6 Å². The summed E-state index contributed by atoms with van der Waals surface area (Å²) < 4.78 is 27.2. The zero-order valence-electron chi connectivity index (χ0n) is 37.8. The van der Waals surface area contributed by atoms with Crippen molar-refractivity contribution in [2.24, 2.45) is 10.8 Å².